The first-order valence-corrected chi connectivity index (χ1v) is 12.2. The molecule has 0 fully saturated rings. The van der Waals surface area contributed by atoms with Crippen LogP contribution in [0.5, 0.6) is 0 Å². The summed E-state index contributed by atoms with van der Waals surface area (Å²) in [4.78, 5) is 2.45. The van der Waals surface area contributed by atoms with Gasteiger partial charge in [-0.05, 0) is 31.5 Å². The Bertz CT molecular complexity index is 278. The number of hydrogen-bond donors (Lipinski definition) is 1. The van der Waals surface area contributed by atoms with Gasteiger partial charge in [-0.25, -0.2) is 0 Å². The van der Waals surface area contributed by atoms with Crippen molar-refractivity contribution < 1.29 is 0 Å². The Balaban J connectivity index is 4.02. The molecule has 0 rings (SSSR count). The van der Waals surface area contributed by atoms with Crippen LogP contribution in [0.1, 0.15) is 124 Å². The van der Waals surface area contributed by atoms with Gasteiger partial charge in [0.2, 0.25) is 0 Å². The Kier molecular flexibility index (Phi) is 20.7. The predicted molar refractivity (Wildman–Crippen MR) is 123 cm³/mol. The van der Waals surface area contributed by atoms with E-state index in [-0.39, 0.29) is 0 Å². The van der Waals surface area contributed by atoms with E-state index < -0.39 is 0 Å². The smallest absolute Gasteiger partial charge is 0.168 e. The van der Waals surface area contributed by atoms with Gasteiger partial charge in [-0.1, -0.05) is 104 Å². The van der Waals surface area contributed by atoms with Crippen molar-refractivity contribution in [3.05, 3.63) is 0 Å². The second kappa shape index (κ2) is 21.0. The highest BCUT2D eigenvalue weighted by molar-refractivity contribution is 7.80. The molecule has 0 aromatic rings. The van der Waals surface area contributed by atoms with Gasteiger partial charge in [0.1, 0.15) is 0 Å². The van der Waals surface area contributed by atoms with Crippen molar-refractivity contribution in [2.75, 3.05) is 19.6 Å². The van der Waals surface area contributed by atoms with Gasteiger partial charge in [-0.2, -0.15) is 0 Å². The van der Waals surface area contributed by atoms with Crippen LogP contribution in [0, 0.1) is 0 Å². The minimum atomic E-state index is 1.00. The SMILES string of the molecule is CCCCCCCCN(CCCCCCCC)C(=S)NCCCCCC. The maximum atomic E-state index is 5.71. The molecule has 0 spiro atoms. The zero-order chi connectivity index (χ0) is 19.3. The zero-order valence-corrected chi connectivity index (χ0v) is 19.1. The van der Waals surface area contributed by atoms with E-state index in [1.165, 1.54) is 103 Å². The van der Waals surface area contributed by atoms with Crippen molar-refractivity contribution in [3.8, 4) is 0 Å². The molecule has 0 radical (unpaired) electrons. The first kappa shape index (κ1) is 25.7. The lowest BCUT2D eigenvalue weighted by Crippen LogP contribution is -2.41. The molecule has 0 aliphatic heterocycles. The molecule has 2 nitrogen and oxygen atoms in total. The fraction of sp³-hybridized carbons (Fsp3) is 0.957. The number of rotatable bonds is 19. The van der Waals surface area contributed by atoms with Gasteiger partial charge in [-0.3, -0.25) is 0 Å². The normalized spacial score (nSPS) is 10.9. The minimum Gasteiger partial charge on any atom is -0.363 e. The molecule has 0 aliphatic rings. The first-order valence-electron chi connectivity index (χ1n) is 11.8. The Morgan fingerprint density at radius 3 is 1.42 bits per heavy atom. The van der Waals surface area contributed by atoms with Crippen LogP contribution >= 0.6 is 12.2 Å². The highest BCUT2D eigenvalue weighted by Crippen LogP contribution is 2.09. The van der Waals surface area contributed by atoms with Gasteiger partial charge < -0.3 is 10.2 Å². The average molecular weight is 385 g/mol. The summed E-state index contributed by atoms with van der Waals surface area (Å²) in [7, 11) is 0. The van der Waals surface area contributed by atoms with Crippen molar-refractivity contribution >= 4 is 17.3 Å². The van der Waals surface area contributed by atoms with Crippen LogP contribution < -0.4 is 5.32 Å². The molecule has 0 aliphatic carbocycles. The number of nitrogens with one attached hydrogen (secondary N) is 1. The summed E-state index contributed by atoms with van der Waals surface area (Å²) in [6.45, 7) is 10.2. The first-order chi connectivity index (χ1) is 12.8. The number of nitrogens with zero attached hydrogens (tertiary/aromatic N) is 1. The lowest BCUT2D eigenvalue weighted by Gasteiger charge is -2.26. The Morgan fingerprint density at radius 1 is 0.577 bits per heavy atom. The van der Waals surface area contributed by atoms with Crippen LogP contribution in [-0.2, 0) is 0 Å². The van der Waals surface area contributed by atoms with E-state index in [4.69, 9.17) is 12.2 Å². The van der Waals surface area contributed by atoms with Crippen LogP contribution in [0.15, 0.2) is 0 Å². The van der Waals surface area contributed by atoms with Crippen LogP contribution in [-0.4, -0.2) is 29.6 Å². The van der Waals surface area contributed by atoms with Crippen LogP contribution in [0.25, 0.3) is 0 Å². The van der Waals surface area contributed by atoms with Crippen molar-refractivity contribution in [3.63, 3.8) is 0 Å². The molecule has 26 heavy (non-hydrogen) atoms. The van der Waals surface area contributed by atoms with E-state index in [1.54, 1.807) is 0 Å². The second-order valence-electron chi connectivity index (χ2n) is 7.82. The summed E-state index contributed by atoms with van der Waals surface area (Å²) in [5, 5.41) is 4.52. The molecule has 0 saturated heterocycles. The molecule has 0 aromatic carbocycles. The van der Waals surface area contributed by atoms with Gasteiger partial charge in [0.15, 0.2) is 5.11 Å². The van der Waals surface area contributed by atoms with Gasteiger partial charge in [0.05, 0.1) is 0 Å². The third-order valence-corrected chi connectivity index (χ3v) is 5.56. The van der Waals surface area contributed by atoms with Gasteiger partial charge in [0, 0.05) is 19.6 Å². The average Bonchev–Trinajstić information content (AvgIpc) is 2.65. The van der Waals surface area contributed by atoms with E-state index in [0.29, 0.717) is 0 Å². The van der Waals surface area contributed by atoms with Crippen LogP contribution in [0.4, 0.5) is 0 Å². The molecular weight excluding hydrogens is 336 g/mol. The van der Waals surface area contributed by atoms with Gasteiger partial charge in [-0.15, -0.1) is 0 Å². The number of thiocarbonyl (C=S) groups is 1. The second-order valence-corrected chi connectivity index (χ2v) is 8.20. The quantitative estimate of drug-likeness (QED) is 0.184. The van der Waals surface area contributed by atoms with Crippen molar-refractivity contribution in [2.45, 2.75) is 124 Å². The molecule has 3 heteroatoms. The fourth-order valence-electron chi connectivity index (χ4n) is 3.34. The lowest BCUT2D eigenvalue weighted by molar-refractivity contribution is 0.378. The highest BCUT2D eigenvalue weighted by atomic mass is 32.1. The molecule has 0 unspecified atom stereocenters. The number of unbranched alkanes of at least 4 members (excludes halogenated alkanes) is 13. The Morgan fingerprint density at radius 2 is 0.962 bits per heavy atom. The van der Waals surface area contributed by atoms with E-state index >= 15 is 0 Å². The molecule has 0 saturated carbocycles. The van der Waals surface area contributed by atoms with Crippen molar-refractivity contribution in [2.24, 2.45) is 0 Å². The van der Waals surface area contributed by atoms with E-state index in [9.17, 15) is 0 Å². The summed E-state index contributed by atoms with van der Waals surface area (Å²) < 4.78 is 0. The lowest BCUT2D eigenvalue weighted by atomic mass is 10.1. The maximum Gasteiger partial charge on any atom is 0.168 e. The third-order valence-electron chi connectivity index (χ3n) is 5.16. The summed E-state index contributed by atoms with van der Waals surface area (Å²) in [6, 6.07) is 0. The third kappa shape index (κ3) is 17.1. The standard InChI is InChI=1S/C23H48N2S/c1-4-7-10-13-15-18-21-25(22-19-16-14-11-8-5-2)23(26)24-20-17-12-9-6-3/h4-22H2,1-3H3,(H,24,26). The van der Waals surface area contributed by atoms with Gasteiger partial charge >= 0.3 is 0 Å². The molecule has 156 valence electrons. The van der Waals surface area contributed by atoms with E-state index in [1.807, 2.05) is 0 Å². The minimum absolute atomic E-state index is 1.00. The summed E-state index contributed by atoms with van der Waals surface area (Å²) >= 11 is 5.71. The van der Waals surface area contributed by atoms with E-state index in [2.05, 4.69) is 31.0 Å². The zero-order valence-electron chi connectivity index (χ0n) is 18.3. The molecule has 0 amide bonds. The van der Waals surface area contributed by atoms with Crippen molar-refractivity contribution in [1.82, 2.24) is 10.2 Å². The summed E-state index contributed by atoms with van der Waals surface area (Å²) in [6.07, 6.45) is 21.5. The van der Waals surface area contributed by atoms with Gasteiger partial charge in [0.25, 0.3) is 0 Å². The molecular formula is C23H48N2S. The predicted octanol–water partition coefficient (Wildman–Crippen LogP) is 7.46. The molecule has 0 aromatic heterocycles. The largest absolute Gasteiger partial charge is 0.363 e. The van der Waals surface area contributed by atoms with E-state index in [0.717, 1.165) is 24.7 Å². The molecule has 0 atom stereocenters. The highest BCUT2D eigenvalue weighted by Gasteiger charge is 2.08. The Hall–Kier alpha value is -0.310. The maximum absolute atomic E-state index is 5.71. The van der Waals surface area contributed by atoms with Crippen molar-refractivity contribution in [1.29, 1.82) is 0 Å². The number of hydrogen-bond acceptors (Lipinski definition) is 1. The Labute approximate surface area is 170 Å². The monoisotopic (exact) mass is 384 g/mol. The summed E-state index contributed by atoms with van der Waals surface area (Å²) in [5.41, 5.74) is 0. The fourth-order valence-corrected chi connectivity index (χ4v) is 3.62. The van der Waals surface area contributed by atoms with Crippen LogP contribution in [0.2, 0.25) is 0 Å². The van der Waals surface area contributed by atoms with Crippen LogP contribution in [0.3, 0.4) is 0 Å². The molecule has 0 bridgehead atoms. The topological polar surface area (TPSA) is 15.3 Å². The summed E-state index contributed by atoms with van der Waals surface area (Å²) in [5.74, 6) is 0. The molecule has 1 N–H and O–H groups in total. The molecule has 0 heterocycles.